The maximum atomic E-state index is 12.6. The third-order valence-corrected chi connectivity index (χ3v) is 4.14. The number of aryl methyl sites for hydroxylation is 2. The second kappa shape index (κ2) is 5.85. The summed E-state index contributed by atoms with van der Waals surface area (Å²) in [5.41, 5.74) is 1.59. The van der Waals surface area contributed by atoms with Gasteiger partial charge < -0.3 is 14.7 Å². The van der Waals surface area contributed by atoms with Gasteiger partial charge in [0.2, 0.25) is 0 Å². The summed E-state index contributed by atoms with van der Waals surface area (Å²) in [5, 5.41) is 9.45. The minimum Gasteiger partial charge on any atom is -0.481 e. The lowest BCUT2D eigenvalue weighted by Crippen LogP contribution is -2.40. The average Bonchev–Trinajstić information content (AvgIpc) is 2.87. The number of likely N-dealkylation sites (tertiary alicyclic amines) is 1. The number of ether oxygens (including phenoxy) is 1. The number of rotatable bonds is 4. The quantitative estimate of drug-likeness (QED) is 0.919. The van der Waals surface area contributed by atoms with Crippen LogP contribution in [0.1, 0.15) is 27.9 Å². The van der Waals surface area contributed by atoms with Crippen molar-refractivity contribution in [2.45, 2.75) is 20.3 Å². The molecule has 114 valence electrons. The zero-order valence-electron chi connectivity index (χ0n) is 12.7. The lowest BCUT2D eigenvalue weighted by molar-refractivity contribution is -0.151. The molecule has 1 atom stereocenters. The highest BCUT2D eigenvalue weighted by Gasteiger charge is 2.46. The first kappa shape index (κ1) is 15.5. The van der Waals surface area contributed by atoms with E-state index in [1.165, 1.54) is 7.11 Å². The van der Waals surface area contributed by atoms with Crippen LogP contribution >= 0.6 is 0 Å². The van der Waals surface area contributed by atoms with Gasteiger partial charge in [-0.2, -0.15) is 0 Å². The fourth-order valence-corrected chi connectivity index (χ4v) is 2.81. The molecule has 0 saturated carbocycles. The highest BCUT2D eigenvalue weighted by atomic mass is 16.5. The van der Waals surface area contributed by atoms with Crippen molar-refractivity contribution in [1.29, 1.82) is 0 Å². The van der Waals surface area contributed by atoms with Crippen molar-refractivity contribution in [2.75, 3.05) is 26.8 Å². The van der Waals surface area contributed by atoms with E-state index in [1.54, 1.807) is 4.90 Å². The lowest BCUT2D eigenvalue weighted by atomic mass is 9.88. The van der Waals surface area contributed by atoms with Gasteiger partial charge in [-0.25, -0.2) is 0 Å². The second-order valence-corrected chi connectivity index (χ2v) is 5.81. The first-order valence-electron chi connectivity index (χ1n) is 6.98. The molecule has 0 bridgehead atoms. The van der Waals surface area contributed by atoms with Gasteiger partial charge in [0.15, 0.2) is 0 Å². The molecule has 1 N–H and O–H groups in total. The second-order valence-electron chi connectivity index (χ2n) is 5.81. The summed E-state index contributed by atoms with van der Waals surface area (Å²) >= 11 is 0. The number of carboxylic acid groups (broad SMARTS) is 1. The first-order chi connectivity index (χ1) is 9.89. The molecule has 1 amide bonds. The molecule has 1 unspecified atom stereocenters. The van der Waals surface area contributed by atoms with Crippen molar-refractivity contribution >= 4 is 11.9 Å². The summed E-state index contributed by atoms with van der Waals surface area (Å²) < 4.78 is 5.05. The Kier molecular flexibility index (Phi) is 4.32. The number of aliphatic carboxylic acids is 1. The van der Waals surface area contributed by atoms with Crippen LogP contribution in [0.4, 0.5) is 0 Å². The van der Waals surface area contributed by atoms with Crippen molar-refractivity contribution in [3.63, 3.8) is 0 Å². The van der Waals surface area contributed by atoms with Crippen molar-refractivity contribution in [3.8, 4) is 0 Å². The van der Waals surface area contributed by atoms with Gasteiger partial charge in [-0.05, 0) is 31.9 Å². The van der Waals surface area contributed by atoms with Crippen molar-refractivity contribution in [3.05, 3.63) is 34.9 Å². The first-order valence-corrected chi connectivity index (χ1v) is 6.98. The Morgan fingerprint density at radius 2 is 2.10 bits per heavy atom. The number of hydrogen-bond acceptors (Lipinski definition) is 3. The third kappa shape index (κ3) is 2.93. The Morgan fingerprint density at radius 1 is 1.38 bits per heavy atom. The smallest absolute Gasteiger partial charge is 0.313 e. The highest BCUT2D eigenvalue weighted by Crippen LogP contribution is 2.32. The number of carboxylic acids is 1. The molecule has 5 heteroatoms. The predicted octanol–water partition coefficient (Wildman–Crippen LogP) is 1.87. The molecule has 0 spiro atoms. The summed E-state index contributed by atoms with van der Waals surface area (Å²) in [6.07, 6.45) is 0.423. The average molecular weight is 291 g/mol. The van der Waals surface area contributed by atoms with Crippen LogP contribution in [0, 0.1) is 19.3 Å². The largest absolute Gasteiger partial charge is 0.481 e. The number of carbonyl (C=O) groups excluding carboxylic acids is 1. The van der Waals surface area contributed by atoms with Crippen LogP contribution < -0.4 is 0 Å². The molecule has 1 heterocycles. The van der Waals surface area contributed by atoms with Crippen LogP contribution in [0.15, 0.2) is 18.2 Å². The van der Waals surface area contributed by atoms with Gasteiger partial charge in [0.25, 0.3) is 5.91 Å². The van der Waals surface area contributed by atoms with E-state index < -0.39 is 11.4 Å². The summed E-state index contributed by atoms with van der Waals surface area (Å²) in [6.45, 7) is 4.60. The molecule has 5 nitrogen and oxygen atoms in total. The van der Waals surface area contributed by atoms with Gasteiger partial charge in [-0.1, -0.05) is 17.7 Å². The van der Waals surface area contributed by atoms with E-state index >= 15 is 0 Å². The standard InChI is InChI=1S/C16H21NO4/c1-11-4-5-12(2)13(8-11)14(18)17-7-6-16(9-17,10-21-3)15(19)20/h4-5,8H,6-7,9-10H2,1-3H3,(H,19,20). The van der Waals surface area contributed by atoms with E-state index in [-0.39, 0.29) is 19.1 Å². The van der Waals surface area contributed by atoms with Gasteiger partial charge >= 0.3 is 5.97 Å². The summed E-state index contributed by atoms with van der Waals surface area (Å²) in [5.74, 6) is -1.00. The van der Waals surface area contributed by atoms with Crippen LogP contribution in [0.2, 0.25) is 0 Å². The zero-order chi connectivity index (χ0) is 15.6. The Balaban J connectivity index is 2.22. The molecule has 1 aliphatic rings. The highest BCUT2D eigenvalue weighted by molar-refractivity contribution is 5.96. The third-order valence-electron chi connectivity index (χ3n) is 4.14. The number of nitrogens with zero attached hydrogens (tertiary/aromatic N) is 1. The molecule has 1 saturated heterocycles. The maximum absolute atomic E-state index is 12.6. The van der Waals surface area contributed by atoms with Gasteiger partial charge in [-0.3, -0.25) is 9.59 Å². The van der Waals surface area contributed by atoms with Crippen LogP contribution in [0.5, 0.6) is 0 Å². The van der Waals surface area contributed by atoms with Crippen LogP contribution in [-0.2, 0) is 9.53 Å². The molecule has 0 aromatic heterocycles. The van der Waals surface area contributed by atoms with Gasteiger partial charge in [0.1, 0.15) is 5.41 Å². The maximum Gasteiger partial charge on any atom is 0.313 e. The molecule has 2 rings (SSSR count). The number of amides is 1. The summed E-state index contributed by atoms with van der Waals surface area (Å²) in [6, 6.07) is 5.73. The number of carbonyl (C=O) groups is 2. The van der Waals surface area contributed by atoms with E-state index in [1.807, 2.05) is 32.0 Å². The molecule has 1 fully saturated rings. The van der Waals surface area contributed by atoms with Gasteiger partial charge in [0.05, 0.1) is 6.61 Å². The SMILES string of the molecule is COCC1(C(=O)O)CCN(C(=O)c2cc(C)ccc2C)C1. The Labute approximate surface area is 124 Å². The molecule has 1 aromatic carbocycles. The summed E-state index contributed by atoms with van der Waals surface area (Å²) in [7, 11) is 1.49. The van der Waals surface area contributed by atoms with Crippen LogP contribution in [-0.4, -0.2) is 48.7 Å². The normalized spacial score (nSPS) is 21.6. The van der Waals surface area contributed by atoms with Crippen molar-refractivity contribution in [2.24, 2.45) is 5.41 Å². The molecule has 0 radical (unpaired) electrons. The molecule has 0 aliphatic carbocycles. The van der Waals surface area contributed by atoms with E-state index in [9.17, 15) is 14.7 Å². The fraction of sp³-hybridized carbons (Fsp3) is 0.500. The molecular weight excluding hydrogens is 270 g/mol. The molecule has 1 aromatic rings. The van der Waals surface area contributed by atoms with Crippen molar-refractivity contribution in [1.82, 2.24) is 4.90 Å². The van der Waals surface area contributed by atoms with Gasteiger partial charge in [-0.15, -0.1) is 0 Å². The Morgan fingerprint density at radius 3 is 2.71 bits per heavy atom. The number of hydrogen-bond donors (Lipinski definition) is 1. The van der Waals surface area contributed by atoms with Crippen LogP contribution in [0.3, 0.4) is 0 Å². The summed E-state index contributed by atoms with van der Waals surface area (Å²) in [4.78, 5) is 25.8. The van der Waals surface area contributed by atoms with E-state index in [4.69, 9.17) is 4.74 Å². The van der Waals surface area contributed by atoms with Crippen molar-refractivity contribution < 1.29 is 19.4 Å². The Bertz CT molecular complexity index is 569. The minimum atomic E-state index is -0.984. The number of methoxy groups -OCH3 is 1. The minimum absolute atomic E-state index is 0.101. The van der Waals surface area contributed by atoms with Crippen LogP contribution in [0.25, 0.3) is 0 Å². The number of benzene rings is 1. The zero-order valence-corrected chi connectivity index (χ0v) is 12.7. The Hall–Kier alpha value is -1.88. The fourth-order valence-electron chi connectivity index (χ4n) is 2.81. The topological polar surface area (TPSA) is 66.8 Å². The molecular formula is C16H21NO4. The predicted molar refractivity (Wildman–Crippen MR) is 78.4 cm³/mol. The van der Waals surface area contributed by atoms with Gasteiger partial charge in [0, 0.05) is 25.8 Å². The monoisotopic (exact) mass is 291 g/mol. The lowest BCUT2D eigenvalue weighted by Gasteiger charge is -2.24. The van der Waals surface area contributed by atoms with E-state index in [2.05, 4.69) is 0 Å². The van der Waals surface area contributed by atoms with E-state index in [0.29, 0.717) is 18.5 Å². The molecule has 1 aliphatic heterocycles. The molecule has 21 heavy (non-hydrogen) atoms. The van der Waals surface area contributed by atoms with E-state index in [0.717, 1.165) is 11.1 Å².